The number of carboxylic acids is 1. The molecule has 8 nitrogen and oxygen atoms in total. The number of rotatable bonds is 6. The second-order valence-corrected chi connectivity index (χ2v) is 4.81. The van der Waals surface area contributed by atoms with Gasteiger partial charge in [-0.2, -0.15) is 0 Å². The summed E-state index contributed by atoms with van der Waals surface area (Å²) in [7, 11) is 1.33. The molecule has 0 unspecified atom stereocenters. The van der Waals surface area contributed by atoms with Crippen molar-refractivity contribution in [2.24, 2.45) is 0 Å². The minimum Gasteiger partial charge on any atom is -0.478 e. The van der Waals surface area contributed by atoms with Crippen LogP contribution in [0.4, 0.5) is 0 Å². The molecule has 0 heterocycles. The molecule has 0 fully saturated rings. The van der Waals surface area contributed by atoms with Gasteiger partial charge in [-0.1, -0.05) is 26.3 Å². The van der Waals surface area contributed by atoms with E-state index < -0.39 is 5.97 Å². The highest BCUT2D eigenvalue weighted by atomic mass is 16.5. The van der Waals surface area contributed by atoms with Crippen LogP contribution in [0.1, 0.15) is 34.6 Å². The van der Waals surface area contributed by atoms with E-state index in [0.29, 0.717) is 24.4 Å². The molecule has 0 aliphatic rings. The van der Waals surface area contributed by atoms with E-state index in [0.717, 1.165) is 6.08 Å². The van der Waals surface area contributed by atoms with Crippen LogP contribution in [0.15, 0.2) is 49.1 Å². The second kappa shape index (κ2) is 21.9. The average molecular weight is 400 g/mol. The number of esters is 3. The van der Waals surface area contributed by atoms with E-state index >= 15 is 0 Å². The van der Waals surface area contributed by atoms with Crippen LogP contribution < -0.4 is 0 Å². The van der Waals surface area contributed by atoms with E-state index in [1.54, 1.807) is 27.7 Å². The van der Waals surface area contributed by atoms with Crippen molar-refractivity contribution in [3.8, 4) is 0 Å². The van der Waals surface area contributed by atoms with Crippen LogP contribution in [0.25, 0.3) is 0 Å². The first-order chi connectivity index (χ1) is 12.8. The quantitative estimate of drug-likeness (QED) is 0.410. The number of methoxy groups -OCH3 is 1. The second-order valence-electron chi connectivity index (χ2n) is 4.81. The lowest BCUT2D eigenvalue weighted by Crippen LogP contribution is -2.03. The monoisotopic (exact) mass is 400 g/mol. The lowest BCUT2D eigenvalue weighted by molar-refractivity contribution is -0.138. The summed E-state index contributed by atoms with van der Waals surface area (Å²) in [5.41, 5.74) is 1.06. The van der Waals surface area contributed by atoms with Gasteiger partial charge in [0.25, 0.3) is 0 Å². The van der Waals surface area contributed by atoms with Crippen molar-refractivity contribution in [2.75, 3.05) is 20.3 Å². The summed E-state index contributed by atoms with van der Waals surface area (Å²) in [6.07, 6.45) is 1.14. The third-order valence-electron chi connectivity index (χ3n) is 1.98. The minimum absolute atomic E-state index is 0.176. The molecule has 0 bridgehead atoms. The van der Waals surface area contributed by atoms with Crippen LogP contribution in [0.3, 0.4) is 0 Å². The Morgan fingerprint density at radius 3 is 1.25 bits per heavy atom. The highest BCUT2D eigenvalue weighted by Crippen LogP contribution is 1.89. The summed E-state index contributed by atoms with van der Waals surface area (Å²) in [6, 6.07) is 0. The normalized spacial score (nSPS) is 7.79. The summed E-state index contributed by atoms with van der Waals surface area (Å²) < 4.78 is 13.3. The van der Waals surface area contributed by atoms with Crippen LogP contribution in [-0.2, 0) is 33.4 Å². The maximum atomic E-state index is 10.4. The third kappa shape index (κ3) is 30.7. The van der Waals surface area contributed by atoms with Crippen LogP contribution >= 0.6 is 0 Å². The first-order valence-electron chi connectivity index (χ1n) is 8.06. The van der Waals surface area contributed by atoms with Crippen LogP contribution in [0, 0.1) is 0 Å². The lowest BCUT2D eigenvalue weighted by Gasteiger charge is -1.96. The van der Waals surface area contributed by atoms with Gasteiger partial charge >= 0.3 is 23.9 Å². The topological polar surface area (TPSA) is 116 Å². The summed E-state index contributed by atoms with van der Waals surface area (Å²) in [4.78, 5) is 40.3. The number of hydrogen-bond acceptors (Lipinski definition) is 7. The van der Waals surface area contributed by atoms with E-state index in [4.69, 9.17) is 5.11 Å². The van der Waals surface area contributed by atoms with Crippen LogP contribution in [-0.4, -0.2) is 49.3 Å². The van der Waals surface area contributed by atoms with E-state index in [-0.39, 0.29) is 23.5 Å². The van der Waals surface area contributed by atoms with Gasteiger partial charge in [-0.15, -0.1) is 0 Å². The Hall–Kier alpha value is -3.16. The molecular formula is C20H32O8. The fourth-order valence-corrected chi connectivity index (χ4v) is 0.630. The highest BCUT2D eigenvalue weighted by Gasteiger charge is 1.98. The summed E-state index contributed by atoms with van der Waals surface area (Å²) in [5.74, 6) is -1.95. The fraction of sp³-hybridized carbons (Fsp3) is 0.400. The van der Waals surface area contributed by atoms with E-state index in [9.17, 15) is 19.2 Å². The first kappa shape index (κ1) is 32.5. The van der Waals surface area contributed by atoms with Crippen molar-refractivity contribution in [2.45, 2.75) is 34.6 Å². The first-order valence-corrected chi connectivity index (χ1v) is 8.06. The molecule has 0 aromatic heterocycles. The van der Waals surface area contributed by atoms with Crippen molar-refractivity contribution >= 4 is 23.9 Å². The molecule has 0 saturated carbocycles. The van der Waals surface area contributed by atoms with E-state index in [2.05, 4.69) is 40.5 Å². The van der Waals surface area contributed by atoms with Crippen molar-refractivity contribution < 1.29 is 38.5 Å². The molecule has 0 amide bonds. The number of hydrogen-bond donors (Lipinski definition) is 1. The molecular weight excluding hydrogens is 368 g/mol. The molecule has 1 N–H and O–H groups in total. The molecule has 0 saturated heterocycles. The van der Waals surface area contributed by atoms with Gasteiger partial charge in [-0.25, -0.2) is 19.2 Å². The number of ether oxygens (including phenoxy) is 3. The van der Waals surface area contributed by atoms with Crippen molar-refractivity contribution in [1.29, 1.82) is 0 Å². The summed E-state index contributed by atoms with van der Waals surface area (Å²) in [5, 5.41) is 7.89. The molecule has 28 heavy (non-hydrogen) atoms. The van der Waals surface area contributed by atoms with Crippen molar-refractivity contribution in [3.63, 3.8) is 0 Å². The third-order valence-corrected chi connectivity index (χ3v) is 1.98. The lowest BCUT2D eigenvalue weighted by atomic mass is 10.4. The Kier molecular flexibility index (Phi) is 25.4. The molecule has 0 aromatic rings. The van der Waals surface area contributed by atoms with Gasteiger partial charge in [0.2, 0.25) is 0 Å². The SMILES string of the molecule is C=C(C)C(=O)O.C=C(C)C(=O)OC.C=C(C)C(=O)OCC.C=CC(=O)OCC. The number of carboxylic acid groups (broad SMARTS) is 1. The Bertz CT molecular complexity index is 545. The van der Waals surface area contributed by atoms with Gasteiger partial charge in [-0.3, -0.25) is 0 Å². The van der Waals surface area contributed by atoms with Crippen molar-refractivity contribution in [3.05, 3.63) is 49.1 Å². The standard InChI is InChI=1S/C6H10O2.2C5H8O2.C4H6O2/c1-4-8-6(7)5(2)3;1-4(2)5(6)7-3;1-3-5(6)7-4-2;1-3(2)4(5)6/h2,4H2,1,3H3;1H2,2-3H3;3H,1,4H2,2H3;1H2,2H3,(H,5,6). The van der Waals surface area contributed by atoms with Gasteiger partial charge in [0.15, 0.2) is 0 Å². The van der Waals surface area contributed by atoms with Crippen molar-refractivity contribution in [1.82, 2.24) is 0 Å². The van der Waals surface area contributed by atoms with E-state index in [1.807, 2.05) is 0 Å². The molecule has 0 atom stereocenters. The number of carbonyl (C=O) groups excluding carboxylic acids is 3. The Balaban J connectivity index is -0.000000138. The van der Waals surface area contributed by atoms with Gasteiger partial charge in [0.1, 0.15) is 0 Å². The Morgan fingerprint density at radius 2 is 1.18 bits per heavy atom. The van der Waals surface area contributed by atoms with Crippen LogP contribution in [0.2, 0.25) is 0 Å². The van der Waals surface area contributed by atoms with Gasteiger partial charge < -0.3 is 19.3 Å². The zero-order chi connectivity index (χ0) is 23.3. The smallest absolute Gasteiger partial charge is 0.333 e. The predicted octanol–water partition coefficient (Wildman–Crippen LogP) is 3.24. The van der Waals surface area contributed by atoms with E-state index in [1.165, 1.54) is 14.0 Å². The average Bonchev–Trinajstić information content (AvgIpc) is 2.62. The minimum atomic E-state index is -0.935. The summed E-state index contributed by atoms with van der Waals surface area (Å²) >= 11 is 0. The Labute approximate surface area is 167 Å². The van der Waals surface area contributed by atoms with Crippen LogP contribution in [0.5, 0.6) is 0 Å². The zero-order valence-corrected chi connectivity index (χ0v) is 17.6. The van der Waals surface area contributed by atoms with Gasteiger partial charge in [0.05, 0.1) is 20.3 Å². The molecule has 0 spiro atoms. The number of aliphatic carboxylic acids is 1. The molecule has 0 aliphatic carbocycles. The largest absolute Gasteiger partial charge is 0.478 e. The maximum Gasteiger partial charge on any atom is 0.333 e. The Morgan fingerprint density at radius 1 is 0.821 bits per heavy atom. The zero-order valence-electron chi connectivity index (χ0n) is 17.6. The molecule has 0 aromatic carbocycles. The molecule has 0 radical (unpaired) electrons. The van der Waals surface area contributed by atoms with Gasteiger partial charge in [0, 0.05) is 22.8 Å². The molecule has 160 valence electrons. The predicted molar refractivity (Wildman–Crippen MR) is 108 cm³/mol. The van der Waals surface area contributed by atoms with Gasteiger partial charge in [-0.05, 0) is 34.6 Å². The fourth-order valence-electron chi connectivity index (χ4n) is 0.630. The maximum absolute atomic E-state index is 10.4. The molecule has 8 heteroatoms. The highest BCUT2D eigenvalue weighted by molar-refractivity contribution is 5.87. The molecule has 0 aliphatic heterocycles. The number of carbonyl (C=O) groups is 4. The summed E-state index contributed by atoms with van der Waals surface area (Å²) in [6.45, 7) is 22.1. The molecule has 0 rings (SSSR count).